The molecule has 0 N–H and O–H groups in total. The normalized spacial score (nSPS) is 30.0. The number of piperidine rings is 2. The van der Waals surface area contributed by atoms with E-state index in [1.54, 1.807) is 6.20 Å². The minimum absolute atomic E-state index is 0.110. The average Bonchev–Trinajstić information content (AvgIpc) is 2.48. The Labute approximate surface area is 127 Å². The molecule has 1 aromatic rings. The number of likely N-dealkylation sites (tertiary alicyclic amines) is 2. The fourth-order valence-corrected chi connectivity index (χ4v) is 4.04. The highest BCUT2D eigenvalue weighted by Crippen LogP contribution is 2.38. The highest BCUT2D eigenvalue weighted by Gasteiger charge is 2.47. The lowest BCUT2D eigenvalue weighted by Crippen LogP contribution is -2.66. The van der Waals surface area contributed by atoms with Gasteiger partial charge in [-0.1, -0.05) is 6.07 Å². The van der Waals surface area contributed by atoms with Crippen LogP contribution in [0.15, 0.2) is 18.3 Å². The summed E-state index contributed by atoms with van der Waals surface area (Å²) in [6, 6.07) is 4.18. The predicted molar refractivity (Wildman–Crippen MR) is 83.3 cm³/mol. The molecule has 4 nitrogen and oxygen atoms in total. The topological polar surface area (TPSA) is 36.4 Å². The summed E-state index contributed by atoms with van der Waals surface area (Å²) in [5.41, 5.74) is 1.71. The van der Waals surface area contributed by atoms with Crippen LogP contribution in [0.5, 0.6) is 0 Å². The van der Waals surface area contributed by atoms with Crippen molar-refractivity contribution in [2.45, 2.75) is 51.1 Å². The molecule has 2 saturated heterocycles. The predicted octanol–water partition coefficient (Wildman–Crippen LogP) is 2.48. The maximum Gasteiger partial charge on any atom is 0.273 e. The van der Waals surface area contributed by atoms with Crippen molar-refractivity contribution in [1.29, 1.82) is 0 Å². The van der Waals surface area contributed by atoms with Gasteiger partial charge in [0.15, 0.2) is 0 Å². The van der Waals surface area contributed by atoms with Gasteiger partial charge in [-0.05, 0) is 64.8 Å². The molecule has 0 saturated carbocycles. The van der Waals surface area contributed by atoms with Crippen molar-refractivity contribution >= 4 is 5.91 Å². The second-order valence-corrected chi connectivity index (χ2v) is 6.71. The number of pyridine rings is 1. The Balaban J connectivity index is 1.91. The molecule has 0 bridgehead atoms. The zero-order valence-electron chi connectivity index (χ0n) is 13.3. The van der Waals surface area contributed by atoms with Crippen molar-refractivity contribution in [1.82, 2.24) is 14.8 Å². The van der Waals surface area contributed by atoms with E-state index in [2.05, 4.69) is 28.8 Å². The van der Waals surface area contributed by atoms with Gasteiger partial charge in [-0.15, -0.1) is 0 Å². The second-order valence-electron chi connectivity index (χ2n) is 6.71. The quantitative estimate of drug-likeness (QED) is 0.796. The number of hydrogen-bond acceptors (Lipinski definition) is 3. The first kappa shape index (κ1) is 14.5. The number of amides is 1. The minimum Gasteiger partial charge on any atom is -0.332 e. The third kappa shape index (κ3) is 2.35. The number of carbonyl (C=O) groups is 1. The summed E-state index contributed by atoms with van der Waals surface area (Å²) in [5.74, 6) is 0.110. The van der Waals surface area contributed by atoms with Crippen molar-refractivity contribution in [2.75, 3.05) is 20.1 Å². The molecule has 2 aliphatic heterocycles. The number of likely N-dealkylation sites (N-methyl/N-ethyl adjacent to an activating group) is 1. The van der Waals surface area contributed by atoms with Crippen molar-refractivity contribution in [2.24, 2.45) is 0 Å². The van der Waals surface area contributed by atoms with Crippen LogP contribution in [0.3, 0.4) is 0 Å². The molecule has 1 aromatic heterocycles. The van der Waals surface area contributed by atoms with E-state index in [9.17, 15) is 4.79 Å². The summed E-state index contributed by atoms with van der Waals surface area (Å²) in [6.07, 6.45) is 6.25. The van der Waals surface area contributed by atoms with Gasteiger partial charge in [0.25, 0.3) is 5.91 Å². The maximum absolute atomic E-state index is 13.0. The smallest absolute Gasteiger partial charge is 0.273 e. The van der Waals surface area contributed by atoms with E-state index < -0.39 is 0 Å². The minimum atomic E-state index is 0.110. The van der Waals surface area contributed by atoms with Crippen LogP contribution in [-0.2, 0) is 0 Å². The molecule has 4 heteroatoms. The molecule has 2 atom stereocenters. The summed E-state index contributed by atoms with van der Waals surface area (Å²) in [5, 5.41) is 0. The molecule has 2 fully saturated rings. The SMILES string of the molecule is Cc1cccnc1C(=O)N1CCC[C@@]2(C)[C@@H]1CCCN2C. The van der Waals surface area contributed by atoms with Crippen LogP contribution in [0.1, 0.15) is 48.7 Å². The zero-order chi connectivity index (χ0) is 15.0. The van der Waals surface area contributed by atoms with E-state index in [-0.39, 0.29) is 11.4 Å². The van der Waals surface area contributed by atoms with E-state index in [1.165, 1.54) is 12.8 Å². The first-order valence-electron chi connectivity index (χ1n) is 7.98. The Morgan fingerprint density at radius 2 is 2.19 bits per heavy atom. The first-order valence-corrected chi connectivity index (χ1v) is 7.98. The molecule has 114 valence electrons. The molecule has 2 aliphatic rings. The Morgan fingerprint density at radius 1 is 1.38 bits per heavy atom. The Kier molecular flexibility index (Phi) is 3.74. The van der Waals surface area contributed by atoms with Crippen LogP contribution < -0.4 is 0 Å². The standard InChI is InChI=1S/C17H25N3O/c1-13-7-4-10-18-15(13)16(21)20-12-6-9-17(2)14(20)8-5-11-19(17)3/h4,7,10,14H,5-6,8-9,11-12H2,1-3H3/t14-,17-/m0/s1. The molecular formula is C17H25N3O. The first-order chi connectivity index (χ1) is 10.0. The number of fused-ring (bicyclic) bond motifs is 1. The molecule has 0 aliphatic carbocycles. The van der Waals surface area contributed by atoms with Gasteiger partial charge in [0.05, 0.1) is 6.04 Å². The van der Waals surface area contributed by atoms with E-state index >= 15 is 0 Å². The summed E-state index contributed by atoms with van der Waals surface area (Å²) < 4.78 is 0. The summed E-state index contributed by atoms with van der Waals surface area (Å²) in [6.45, 7) is 6.29. The summed E-state index contributed by atoms with van der Waals surface area (Å²) in [7, 11) is 2.20. The zero-order valence-corrected chi connectivity index (χ0v) is 13.3. The molecule has 0 spiro atoms. The number of aromatic nitrogens is 1. The van der Waals surface area contributed by atoms with Crippen molar-refractivity contribution in [3.05, 3.63) is 29.6 Å². The van der Waals surface area contributed by atoms with Crippen LogP contribution in [0, 0.1) is 6.92 Å². The number of hydrogen-bond donors (Lipinski definition) is 0. The fraction of sp³-hybridized carbons (Fsp3) is 0.647. The Hall–Kier alpha value is -1.42. The monoisotopic (exact) mass is 287 g/mol. The number of aryl methyl sites for hydroxylation is 1. The number of nitrogens with zero attached hydrogens (tertiary/aromatic N) is 3. The van der Waals surface area contributed by atoms with Gasteiger partial charge in [0.1, 0.15) is 5.69 Å². The molecule has 21 heavy (non-hydrogen) atoms. The average molecular weight is 287 g/mol. The maximum atomic E-state index is 13.0. The van der Waals surface area contributed by atoms with E-state index in [4.69, 9.17) is 0 Å². The number of carbonyl (C=O) groups excluding carboxylic acids is 1. The fourth-order valence-electron chi connectivity index (χ4n) is 4.04. The van der Waals surface area contributed by atoms with Crippen LogP contribution in [-0.4, -0.2) is 52.4 Å². The van der Waals surface area contributed by atoms with E-state index in [0.717, 1.165) is 31.5 Å². The molecule has 0 unspecified atom stereocenters. The Morgan fingerprint density at radius 3 is 2.95 bits per heavy atom. The van der Waals surface area contributed by atoms with Gasteiger partial charge in [0, 0.05) is 18.3 Å². The molecule has 3 rings (SSSR count). The highest BCUT2D eigenvalue weighted by molar-refractivity contribution is 5.94. The van der Waals surface area contributed by atoms with Gasteiger partial charge >= 0.3 is 0 Å². The van der Waals surface area contributed by atoms with Crippen molar-refractivity contribution in [3.63, 3.8) is 0 Å². The number of rotatable bonds is 1. The summed E-state index contributed by atoms with van der Waals surface area (Å²) >= 11 is 0. The van der Waals surface area contributed by atoms with Gasteiger partial charge in [0.2, 0.25) is 0 Å². The van der Waals surface area contributed by atoms with Crippen LogP contribution in [0.25, 0.3) is 0 Å². The summed E-state index contributed by atoms with van der Waals surface area (Å²) in [4.78, 5) is 21.8. The van der Waals surface area contributed by atoms with Gasteiger partial charge < -0.3 is 4.90 Å². The molecule has 0 aromatic carbocycles. The molecular weight excluding hydrogens is 262 g/mol. The van der Waals surface area contributed by atoms with Gasteiger partial charge in [-0.25, -0.2) is 0 Å². The van der Waals surface area contributed by atoms with Crippen LogP contribution in [0.2, 0.25) is 0 Å². The van der Waals surface area contributed by atoms with Crippen molar-refractivity contribution in [3.8, 4) is 0 Å². The molecule has 1 amide bonds. The lowest BCUT2D eigenvalue weighted by atomic mass is 9.76. The van der Waals surface area contributed by atoms with Gasteiger partial charge in [-0.3, -0.25) is 14.7 Å². The van der Waals surface area contributed by atoms with Crippen molar-refractivity contribution < 1.29 is 4.79 Å². The lowest BCUT2D eigenvalue weighted by molar-refractivity contribution is -0.0350. The van der Waals surface area contributed by atoms with Crippen LogP contribution >= 0.6 is 0 Å². The molecule has 0 radical (unpaired) electrons. The van der Waals surface area contributed by atoms with E-state index in [1.807, 2.05) is 19.1 Å². The molecule has 3 heterocycles. The second kappa shape index (κ2) is 5.41. The third-order valence-corrected chi connectivity index (χ3v) is 5.49. The van der Waals surface area contributed by atoms with E-state index in [0.29, 0.717) is 11.7 Å². The third-order valence-electron chi connectivity index (χ3n) is 5.49. The highest BCUT2D eigenvalue weighted by atomic mass is 16.2. The van der Waals surface area contributed by atoms with Gasteiger partial charge in [-0.2, -0.15) is 0 Å². The Bertz CT molecular complexity index is 545. The largest absolute Gasteiger partial charge is 0.332 e. The van der Waals surface area contributed by atoms with Crippen LogP contribution in [0.4, 0.5) is 0 Å². The lowest BCUT2D eigenvalue weighted by Gasteiger charge is -2.55.